The van der Waals surface area contributed by atoms with Gasteiger partial charge in [0.25, 0.3) is 0 Å². The average Bonchev–Trinajstić information content (AvgIpc) is 3.07. The summed E-state index contributed by atoms with van der Waals surface area (Å²) in [7, 11) is 0. The van der Waals surface area contributed by atoms with Crippen LogP contribution in [-0.2, 0) is 0 Å². The van der Waals surface area contributed by atoms with Gasteiger partial charge in [-0.2, -0.15) is 0 Å². The third kappa shape index (κ3) is 4.35. The van der Waals surface area contributed by atoms with E-state index in [0.29, 0.717) is 0 Å². The van der Waals surface area contributed by atoms with Gasteiger partial charge >= 0.3 is 0 Å². The van der Waals surface area contributed by atoms with E-state index in [1.54, 1.807) is 11.1 Å². The zero-order valence-corrected chi connectivity index (χ0v) is 25.8. The second-order valence-electron chi connectivity index (χ2n) is 13.1. The lowest BCUT2D eigenvalue weighted by atomic mass is 9.73. The van der Waals surface area contributed by atoms with Crippen LogP contribution in [0.5, 0.6) is 0 Å². The zero-order chi connectivity index (χ0) is 29.9. The molecule has 45 heavy (non-hydrogen) atoms. The average molecular weight is 577 g/mol. The second-order valence-corrected chi connectivity index (χ2v) is 13.1. The lowest BCUT2D eigenvalue weighted by Gasteiger charge is -2.31. The van der Waals surface area contributed by atoms with Gasteiger partial charge in [0.05, 0.1) is 0 Å². The summed E-state index contributed by atoms with van der Waals surface area (Å²) in [5, 5.41) is 10.6. The highest BCUT2D eigenvalue weighted by atomic mass is 14.3. The van der Waals surface area contributed by atoms with Crippen LogP contribution >= 0.6 is 0 Å². The first-order valence-electron chi connectivity index (χ1n) is 16.6. The molecule has 0 N–H and O–H groups in total. The number of aryl methyl sites for hydroxylation is 1. The maximum Gasteiger partial charge on any atom is -0.00666 e. The van der Waals surface area contributed by atoms with Crippen molar-refractivity contribution in [1.82, 2.24) is 0 Å². The lowest BCUT2D eigenvalue weighted by molar-refractivity contribution is 0.374. The Morgan fingerprint density at radius 2 is 1.18 bits per heavy atom. The Balaban J connectivity index is 1.23. The second kappa shape index (κ2) is 10.6. The van der Waals surface area contributed by atoms with Crippen molar-refractivity contribution >= 4 is 48.7 Å². The molecule has 7 aromatic carbocycles. The first kappa shape index (κ1) is 26.5. The van der Waals surface area contributed by atoms with Crippen LogP contribution in [0.25, 0.3) is 70.9 Å². The fraction of sp³-hybridized carbons (Fsp3) is 0.156. The molecule has 0 aliphatic heterocycles. The summed E-state index contributed by atoms with van der Waals surface area (Å²) in [5.41, 5.74) is 11.2. The minimum Gasteiger partial charge on any atom is -0.0839 e. The topological polar surface area (TPSA) is 0 Å². The molecule has 0 bridgehead atoms. The Labute approximate surface area is 265 Å². The molecule has 1 saturated carbocycles. The Morgan fingerprint density at radius 3 is 1.93 bits per heavy atom. The predicted molar refractivity (Wildman–Crippen MR) is 195 cm³/mol. The number of hydrogen-bond acceptors (Lipinski definition) is 0. The van der Waals surface area contributed by atoms with E-state index in [-0.39, 0.29) is 0 Å². The van der Waals surface area contributed by atoms with E-state index in [9.17, 15) is 0 Å². The third-order valence-electron chi connectivity index (χ3n) is 10.6. The Hall–Kier alpha value is -4.94. The molecular weight excluding hydrogens is 540 g/mol. The fourth-order valence-corrected chi connectivity index (χ4v) is 8.09. The lowest BCUT2D eigenvalue weighted by Crippen LogP contribution is -2.15. The molecule has 216 valence electrons. The highest BCUT2D eigenvalue weighted by molar-refractivity contribution is 6.18. The van der Waals surface area contributed by atoms with Crippen LogP contribution in [0.3, 0.4) is 0 Å². The summed E-state index contributed by atoms with van der Waals surface area (Å²) in [6.07, 6.45) is 11.2. The molecule has 1 fully saturated rings. The van der Waals surface area contributed by atoms with Gasteiger partial charge in [-0.1, -0.05) is 122 Å². The van der Waals surface area contributed by atoms with Crippen molar-refractivity contribution in [1.29, 1.82) is 0 Å². The Morgan fingerprint density at radius 1 is 0.556 bits per heavy atom. The van der Waals surface area contributed by atoms with E-state index in [4.69, 9.17) is 0 Å². The van der Waals surface area contributed by atoms with Gasteiger partial charge in [-0.05, 0) is 144 Å². The first-order valence-corrected chi connectivity index (χ1v) is 16.6. The number of rotatable bonds is 4. The number of fused-ring (bicyclic) bond motifs is 5. The third-order valence-corrected chi connectivity index (χ3v) is 10.6. The van der Waals surface area contributed by atoms with Crippen LogP contribution in [0, 0.1) is 12.8 Å². The van der Waals surface area contributed by atoms with E-state index in [2.05, 4.69) is 140 Å². The molecule has 0 radical (unpaired) electrons. The van der Waals surface area contributed by atoms with Gasteiger partial charge in [-0.3, -0.25) is 0 Å². The van der Waals surface area contributed by atoms with Gasteiger partial charge in [0.15, 0.2) is 0 Å². The fourth-order valence-electron chi connectivity index (χ4n) is 8.09. The van der Waals surface area contributed by atoms with E-state index in [0.717, 1.165) is 18.8 Å². The zero-order valence-electron chi connectivity index (χ0n) is 25.8. The first-order chi connectivity index (χ1) is 22.2. The van der Waals surface area contributed by atoms with Gasteiger partial charge in [0, 0.05) is 0 Å². The van der Waals surface area contributed by atoms with Crippen LogP contribution in [0.1, 0.15) is 43.2 Å². The number of allylic oxidation sites excluding steroid dienone is 4. The van der Waals surface area contributed by atoms with Crippen molar-refractivity contribution in [2.75, 3.05) is 0 Å². The summed E-state index contributed by atoms with van der Waals surface area (Å²) in [6, 6.07) is 45.5. The predicted octanol–water partition coefficient (Wildman–Crippen LogP) is 12.8. The molecule has 9 rings (SSSR count). The SMILES string of the molecule is Cc1c(-c2ccc3cc(-c4ccc5ccccc5c4)ccc3c2)c2ccccc2c2cccc(C3=C(C4CCC4)C=CCC3)c12. The van der Waals surface area contributed by atoms with Crippen LogP contribution in [0.15, 0.2) is 139 Å². The Kier molecular flexibility index (Phi) is 6.23. The largest absolute Gasteiger partial charge is 0.0839 e. The van der Waals surface area contributed by atoms with Gasteiger partial charge < -0.3 is 0 Å². The monoisotopic (exact) mass is 576 g/mol. The summed E-state index contributed by atoms with van der Waals surface area (Å²) >= 11 is 0. The summed E-state index contributed by atoms with van der Waals surface area (Å²) in [6.45, 7) is 2.36. The van der Waals surface area contributed by atoms with Crippen molar-refractivity contribution in [3.63, 3.8) is 0 Å². The highest BCUT2D eigenvalue weighted by Gasteiger charge is 2.26. The minimum atomic E-state index is 0.729. The summed E-state index contributed by atoms with van der Waals surface area (Å²) < 4.78 is 0. The Bertz CT molecular complexity index is 2360. The smallest absolute Gasteiger partial charge is 0.00666 e. The minimum absolute atomic E-state index is 0.729. The maximum absolute atomic E-state index is 2.45. The van der Waals surface area contributed by atoms with Gasteiger partial charge in [-0.15, -0.1) is 0 Å². The molecule has 0 heteroatoms. The molecular formula is C45H36. The molecule has 0 unspecified atom stereocenters. The highest BCUT2D eigenvalue weighted by Crippen LogP contribution is 2.46. The van der Waals surface area contributed by atoms with E-state index >= 15 is 0 Å². The van der Waals surface area contributed by atoms with Crippen molar-refractivity contribution in [2.45, 2.75) is 39.0 Å². The standard InChI is InChI=1S/C45H36/c1-29-44(37-25-24-35-27-34(22-23-36(35)28-37)33-21-20-30-10-2-3-11-32(30)26-33)41-17-7-6-16-40(41)43-19-9-18-42(45(29)43)39-15-5-4-14-38(39)31-12-8-13-31/h2-4,6-7,9-11,14,16-28,31H,5,8,12-13,15H2,1H3. The molecule has 0 spiro atoms. The molecule has 0 atom stereocenters. The normalized spacial score (nSPS) is 15.4. The number of benzene rings is 7. The molecule has 0 aromatic heterocycles. The molecule has 2 aliphatic carbocycles. The number of hydrogen-bond donors (Lipinski definition) is 0. The summed E-state index contributed by atoms with van der Waals surface area (Å²) in [4.78, 5) is 0. The van der Waals surface area contributed by atoms with Gasteiger partial charge in [0.2, 0.25) is 0 Å². The maximum atomic E-state index is 2.45. The molecule has 0 saturated heterocycles. The van der Waals surface area contributed by atoms with Crippen molar-refractivity contribution < 1.29 is 0 Å². The van der Waals surface area contributed by atoms with E-state index in [1.165, 1.54) is 95.7 Å². The molecule has 0 heterocycles. The quantitative estimate of drug-likeness (QED) is 0.183. The molecule has 0 nitrogen and oxygen atoms in total. The van der Waals surface area contributed by atoms with Crippen molar-refractivity contribution in [2.24, 2.45) is 5.92 Å². The van der Waals surface area contributed by atoms with Crippen LogP contribution in [-0.4, -0.2) is 0 Å². The van der Waals surface area contributed by atoms with Crippen LogP contribution in [0.4, 0.5) is 0 Å². The van der Waals surface area contributed by atoms with Gasteiger partial charge in [-0.25, -0.2) is 0 Å². The van der Waals surface area contributed by atoms with Crippen LogP contribution in [0.2, 0.25) is 0 Å². The van der Waals surface area contributed by atoms with E-state index in [1.807, 2.05) is 0 Å². The molecule has 0 amide bonds. The van der Waals surface area contributed by atoms with E-state index < -0.39 is 0 Å². The molecule has 7 aromatic rings. The van der Waals surface area contributed by atoms with Gasteiger partial charge in [0.1, 0.15) is 0 Å². The van der Waals surface area contributed by atoms with Crippen LogP contribution < -0.4 is 0 Å². The van der Waals surface area contributed by atoms with Crippen molar-refractivity contribution in [3.05, 3.63) is 150 Å². The van der Waals surface area contributed by atoms with Crippen molar-refractivity contribution in [3.8, 4) is 22.3 Å². The summed E-state index contributed by atoms with van der Waals surface area (Å²) in [5.74, 6) is 0.729. The molecule has 2 aliphatic rings.